The molecule has 2 N–H and O–H groups in total. The van der Waals surface area contributed by atoms with Gasteiger partial charge in [-0.25, -0.2) is 0 Å². The third-order valence-electron chi connectivity index (χ3n) is 0.708. The third kappa shape index (κ3) is 0.717. The lowest BCUT2D eigenvalue weighted by atomic mass is 10.7. The molecule has 4 nitrogen and oxygen atoms in total. The molecule has 1 heterocycles. The Balaban J connectivity index is 2.92. The molecule has 0 bridgehead atoms. The third-order valence-corrected chi connectivity index (χ3v) is 1.23. The van der Waals surface area contributed by atoms with Gasteiger partial charge in [-0.1, -0.05) is 0 Å². The molecule has 1 aromatic rings. The minimum absolute atomic E-state index is 0.0301. The fourth-order valence-corrected chi connectivity index (χ4v) is 0.801. The van der Waals surface area contributed by atoms with Crippen molar-refractivity contribution in [2.75, 3.05) is 12.4 Å². The maximum Gasteiger partial charge on any atom is 0.268 e. The van der Waals surface area contributed by atoms with Crippen LogP contribution in [-0.4, -0.2) is 20.9 Å². The zero-order chi connectivity index (χ0) is 5.98. The van der Waals surface area contributed by atoms with Crippen LogP contribution in [0.4, 0.5) is 5.82 Å². The monoisotopic (exact) mass is 131 g/mol. The van der Waals surface area contributed by atoms with Crippen LogP contribution in [0.3, 0.4) is 0 Å². The van der Waals surface area contributed by atoms with Gasteiger partial charge in [0.25, 0.3) is 5.88 Å². The summed E-state index contributed by atoms with van der Waals surface area (Å²) in [6.45, 7) is 0. The van der Waals surface area contributed by atoms with Gasteiger partial charge in [-0.3, -0.25) is 0 Å². The molecule has 0 atom stereocenters. The molecule has 0 radical (unpaired) electrons. The molecule has 0 unspecified atom stereocenters. The first kappa shape index (κ1) is 5.30. The predicted octanol–water partition coefficient (Wildman–Crippen LogP) is 0.285. The molecule has 5 heteroatoms. The van der Waals surface area contributed by atoms with Gasteiger partial charge in [0.05, 0.1) is 11.7 Å². The van der Waals surface area contributed by atoms with Crippen molar-refractivity contribution in [3.05, 3.63) is 0 Å². The van der Waals surface area contributed by atoms with Crippen LogP contribution < -0.4 is 5.32 Å². The number of nitrogens with one attached hydrogen (secondary N) is 1. The Hall–Kier alpha value is -0.840. The van der Waals surface area contributed by atoms with E-state index in [1.807, 2.05) is 0 Å². The summed E-state index contributed by atoms with van der Waals surface area (Å²) < 4.78 is 7.21. The van der Waals surface area contributed by atoms with Crippen molar-refractivity contribution in [3.8, 4) is 5.88 Å². The maximum atomic E-state index is 8.72. The first-order chi connectivity index (χ1) is 3.84. The van der Waals surface area contributed by atoms with E-state index in [-0.39, 0.29) is 5.88 Å². The molecule has 0 spiro atoms. The summed E-state index contributed by atoms with van der Waals surface area (Å²) in [5.41, 5.74) is 0. The molecule has 0 aromatic carbocycles. The standard InChI is InChI=1S/C3H5N3OS/c1-4-2-3(7)6-8-5-2/h1H3,(H,4,5)(H,6,7). The van der Waals surface area contributed by atoms with Crippen molar-refractivity contribution in [1.82, 2.24) is 8.75 Å². The molecule has 0 aliphatic carbocycles. The number of hydrogen-bond donors (Lipinski definition) is 2. The Morgan fingerprint density at radius 3 is 2.62 bits per heavy atom. The van der Waals surface area contributed by atoms with E-state index in [0.717, 1.165) is 11.7 Å². The van der Waals surface area contributed by atoms with Crippen LogP contribution in [0.2, 0.25) is 0 Å². The molecule has 0 aliphatic heterocycles. The fourth-order valence-electron chi connectivity index (χ4n) is 0.341. The van der Waals surface area contributed by atoms with Crippen LogP contribution in [0.15, 0.2) is 0 Å². The van der Waals surface area contributed by atoms with E-state index < -0.39 is 0 Å². The molecule has 8 heavy (non-hydrogen) atoms. The quantitative estimate of drug-likeness (QED) is 0.575. The topological polar surface area (TPSA) is 58.0 Å². The van der Waals surface area contributed by atoms with Crippen LogP contribution in [0.1, 0.15) is 0 Å². The Kier molecular flexibility index (Phi) is 1.29. The summed E-state index contributed by atoms with van der Waals surface area (Å²) in [7, 11) is 1.68. The predicted molar refractivity (Wildman–Crippen MR) is 31.1 cm³/mol. The average Bonchev–Trinajstić information content (AvgIpc) is 2.14. The van der Waals surface area contributed by atoms with Gasteiger partial charge in [-0.2, -0.15) is 4.37 Å². The highest BCUT2D eigenvalue weighted by molar-refractivity contribution is 6.99. The van der Waals surface area contributed by atoms with Gasteiger partial charge in [-0.15, -0.1) is 4.37 Å². The molecular formula is C3H5N3OS. The molecular weight excluding hydrogens is 126 g/mol. The molecule has 44 valence electrons. The van der Waals surface area contributed by atoms with E-state index in [1.54, 1.807) is 7.05 Å². The minimum atomic E-state index is -0.0301. The molecule has 0 fully saturated rings. The summed E-state index contributed by atoms with van der Waals surface area (Å²) in [4.78, 5) is 0. The lowest BCUT2D eigenvalue weighted by Crippen LogP contribution is -1.86. The van der Waals surface area contributed by atoms with Crippen molar-refractivity contribution in [2.24, 2.45) is 0 Å². The summed E-state index contributed by atoms with van der Waals surface area (Å²) in [5, 5.41) is 11.4. The Bertz CT molecular complexity index is 175. The highest BCUT2D eigenvalue weighted by atomic mass is 32.1. The Labute approximate surface area is 50.5 Å². The van der Waals surface area contributed by atoms with Crippen LogP contribution in [0, 0.1) is 0 Å². The first-order valence-corrected chi connectivity index (χ1v) is 2.77. The van der Waals surface area contributed by atoms with E-state index >= 15 is 0 Å². The van der Waals surface area contributed by atoms with Crippen molar-refractivity contribution in [2.45, 2.75) is 0 Å². The first-order valence-electron chi connectivity index (χ1n) is 2.04. The van der Waals surface area contributed by atoms with Gasteiger partial charge in [0.1, 0.15) is 0 Å². The fraction of sp³-hybridized carbons (Fsp3) is 0.333. The molecule has 0 saturated heterocycles. The second-order valence-electron chi connectivity index (χ2n) is 1.19. The molecule has 0 saturated carbocycles. The largest absolute Gasteiger partial charge is 0.490 e. The van der Waals surface area contributed by atoms with Gasteiger partial charge in [0.2, 0.25) is 5.82 Å². The van der Waals surface area contributed by atoms with E-state index in [4.69, 9.17) is 5.11 Å². The average molecular weight is 131 g/mol. The Morgan fingerprint density at radius 2 is 2.38 bits per heavy atom. The van der Waals surface area contributed by atoms with E-state index in [1.165, 1.54) is 0 Å². The highest BCUT2D eigenvalue weighted by Gasteiger charge is 1.99. The maximum absolute atomic E-state index is 8.72. The summed E-state index contributed by atoms with van der Waals surface area (Å²) >= 11 is 0.978. The van der Waals surface area contributed by atoms with Gasteiger partial charge >= 0.3 is 0 Å². The molecule has 1 aromatic heterocycles. The van der Waals surface area contributed by atoms with Crippen LogP contribution in [-0.2, 0) is 0 Å². The molecule has 0 aliphatic rings. The van der Waals surface area contributed by atoms with Gasteiger partial charge < -0.3 is 10.4 Å². The second-order valence-corrected chi connectivity index (χ2v) is 1.71. The number of nitrogens with zero attached hydrogens (tertiary/aromatic N) is 2. The van der Waals surface area contributed by atoms with Crippen LogP contribution in [0.25, 0.3) is 0 Å². The normalized spacial score (nSPS) is 9.12. The summed E-state index contributed by atoms with van der Waals surface area (Å²) in [6.07, 6.45) is 0. The lowest BCUT2D eigenvalue weighted by Gasteiger charge is -1.87. The minimum Gasteiger partial charge on any atom is -0.490 e. The van der Waals surface area contributed by atoms with Crippen molar-refractivity contribution in [3.63, 3.8) is 0 Å². The SMILES string of the molecule is CNc1nsnc1O. The van der Waals surface area contributed by atoms with Crippen molar-refractivity contribution in [1.29, 1.82) is 0 Å². The molecule has 0 amide bonds. The number of rotatable bonds is 1. The summed E-state index contributed by atoms with van der Waals surface area (Å²) in [6, 6.07) is 0. The van der Waals surface area contributed by atoms with Crippen molar-refractivity contribution >= 4 is 17.5 Å². The zero-order valence-corrected chi connectivity index (χ0v) is 5.07. The van der Waals surface area contributed by atoms with E-state index in [2.05, 4.69) is 14.1 Å². The number of aromatic nitrogens is 2. The molecule has 1 rings (SSSR count). The van der Waals surface area contributed by atoms with Crippen LogP contribution in [0.5, 0.6) is 5.88 Å². The number of anilines is 1. The number of aromatic hydroxyl groups is 1. The summed E-state index contributed by atoms with van der Waals surface area (Å²) in [5.74, 6) is 0.410. The Morgan fingerprint density at radius 1 is 1.62 bits per heavy atom. The van der Waals surface area contributed by atoms with Gasteiger partial charge in [0, 0.05) is 7.05 Å². The van der Waals surface area contributed by atoms with E-state index in [0.29, 0.717) is 5.82 Å². The van der Waals surface area contributed by atoms with Crippen LogP contribution >= 0.6 is 11.7 Å². The zero-order valence-electron chi connectivity index (χ0n) is 4.25. The second kappa shape index (κ2) is 1.95. The van der Waals surface area contributed by atoms with Crippen molar-refractivity contribution < 1.29 is 5.11 Å². The number of hydrogen-bond acceptors (Lipinski definition) is 5. The highest BCUT2D eigenvalue weighted by Crippen LogP contribution is 2.16. The van der Waals surface area contributed by atoms with Gasteiger partial charge in [-0.05, 0) is 0 Å². The van der Waals surface area contributed by atoms with Gasteiger partial charge in [0.15, 0.2) is 0 Å². The lowest BCUT2D eigenvalue weighted by molar-refractivity contribution is 0.461. The smallest absolute Gasteiger partial charge is 0.268 e. The van der Waals surface area contributed by atoms with E-state index in [9.17, 15) is 0 Å².